The summed E-state index contributed by atoms with van der Waals surface area (Å²) >= 11 is 0. The van der Waals surface area contributed by atoms with Crippen LogP contribution in [-0.4, -0.2) is 44.8 Å². The van der Waals surface area contributed by atoms with Crippen LogP contribution in [0.5, 0.6) is 0 Å². The normalized spacial score (nSPS) is 18.0. The first-order chi connectivity index (χ1) is 14.9. The summed E-state index contributed by atoms with van der Waals surface area (Å²) in [5.74, 6) is -0.814. The lowest BCUT2D eigenvalue weighted by atomic mass is 10.1. The van der Waals surface area contributed by atoms with Crippen molar-refractivity contribution in [2.75, 3.05) is 36.4 Å². The van der Waals surface area contributed by atoms with Crippen molar-refractivity contribution < 1.29 is 17.6 Å². The molecule has 31 heavy (non-hydrogen) atoms. The Bertz CT molecular complexity index is 1030. The average molecular weight is 446 g/mol. The Hall–Kier alpha value is -2.45. The van der Waals surface area contributed by atoms with Crippen LogP contribution in [0, 0.1) is 5.82 Å². The lowest BCUT2D eigenvalue weighted by Gasteiger charge is -2.33. The number of sulfonamides is 1. The molecule has 2 saturated heterocycles. The highest BCUT2D eigenvalue weighted by Gasteiger charge is 2.31. The quantitative estimate of drug-likeness (QED) is 0.747. The predicted molar refractivity (Wildman–Crippen MR) is 119 cm³/mol. The highest BCUT2D eigenvalue weighted by Crippen LogP contribution is 2.32. The molecule has 2 aromatic rings. The largest absolute Gasteiger partial charge is 0.370 e. The Morgan fingerprint density at radius 1 is 0.839 bits per heavy atom. The summed E-state index contributed by atoms with van der Waals surface area (Å²) in [5.41, 5.74) is 1.39. The van der Waals surface area contributed by atoms with Crippen molar-refractivity contribution >= 4 is 27.3 Å². The van der Waals surface area contributed by atoms with E-state index in [1.165, 1.54) is 30.3 Å². The average Bonchev–Trinajstić information content (AvgIpc) is 2.81. The Labute approximate surface area is 183 Å². The number of carbonyl (C=O) groups is 1. The van der Waals surface area contributed by atoms with Gasteiger partial charge in [0.15, 0.2) is 0 Å². The van der Waals surface area contributed by atoms with Gasteiger partial charge in [-0.15, -0.1) is 0 Å². The van der Waals surface area contributed by atoms with Crippen molar-refractivity contribution in [3.8, 4) is 0 Å². The molecule has 0 aliphatic carbocycles. The summed E-state index contributed by atoms with van der Waals surface area (Å²) in [6.45, 7) is 2.63. The van der Waals surface area contributed by atoms with E-state index in [0.717, 1.165) is 51.6 Å². The molecule has 4 rings (SSSR count). The molecular weight excluding hydrogens is 417 g/mol. The smallest absolute Gasteiger partial charge is 0.255 e. The van der Waals surface area contributed by atoms with Gasteiger partial charge in [0.25, 0.3) is 5.91 Å². The molecule has 0 atom stereocenters. The number of rotatable bonds is 5. The summed E-state index contributed by atoms with van der Waals surface area (Å²) in [4.78, 5) is 15.1. The van der Waals surface area contributed by atoms with E-state index in [1.807, 2.05) is 0 Å². The van der Waals surface area contributed by atoms with E-state index < -0.39 is 21.7 Å². The van der Waals surface area contributed by atoms with E-state index in [9.17, 15) is 17.6 Å². The molecule has 0 radical (unpaired) electrons. The van der Waals surface area contributed by atoms with Crippen LogP contribution >= 0.6 is 0 Å². The van der Waals surface area contributed by atoms with Gasteiger partial charge in [0.05, 0.1) is 5.69 Å². The molecule has 0 bridgehead atoms. The monoisotopic (exact) mass is 445 g/mol. The molecule has 2 fully saturated rings. The Morgan fingerprint density at radius 2 is 1.45 bits per heavy atom. The first-order valence-electron chi connectivity index (χ1n) is 10.9. The summed E-state index contributed by atoms with van der Waals surface area (Å²) < 4.78 is 41.8. The van der Waals surface area contributed by atoms with Crippen molar-refractivity contribution in [1.29, 1.82) is 0 Å². The van der Waals surface area contributed by atoms with E-state index in [0.29, 0.717) is 24.5 Å². The SMILES string of the molecule is O=C(Nc1ccc(F)cc1)c1ccc(N2CCCCC2)c(S(=O)(=O)N2CCCCC2)c1. The first kappa shape index (κ1) is 21.8. The minimum absolute atomic E-state index is 0.197. The van der Waals surface area contributed by atoms with E-state index in [4.69, 9.17) is 0 Å². The third-order valence-corrected chi connectivity index (χ3v) is 7.88. The van der Waals surface area contributed by atoms with E-state index in [1.54, 1.807) is 16.4 Å². The Balaban J connectivity index is 1.68. The summed E-state index contributed by atoms with van der Waals surface area (Å²) in [6, 6.07) is 10.4. The molecule has 8 heteroatoms. The van der Waals surface area contributed by atoms with Gasteiger partial charge >= 0.3 is 0 Å². The van der Waals surface area contributed by atoms with Crippen LogP contribution in [-0.2, 0) is 10.0 Å². The fraction of sp³-hybridized carbons (Fsp3) is 0.435. The molecule has 6 nitrogen and oxygen atoms in total. The molecule has 166 valence electrons. The van der Waals surface area contributed by atoms with Gasteiger partial charge in [-0.25, -0.2) is 12.8 Å². The van der Waals surface area contributed by atoms with Gasteiger partial charge in [-0.3, -0.25) is 4.79 Å². The minimum atomic E-state index is -3.71. The molecule has 1 N–H and O–H groups in total. The van der Waals surface area contributed by atoms with Crippen molar-refractivity contribution in [2.45, 2.75) is 43.4 Å². The highest BCUT2D eigenvalue weighted by atomic mass is 32.2. The standard InChI is InChI=1S/C23H28FN3O3S/c24-19-8-10-20(11-9-19)25-23(28)18-7-12-21(26-13-3-1-4-14-26)22(17-18)31(29,30)27-15-5-2-6-16-27/h7-12,17H,1-6,13-16H2,(H,25,28). The maximum Gasteiger partial charge on any atom is 0.255 e. The van der Waals surface area contributed by atoms with Crippen LogP contribution in [0.25, 0.3) is 0 Å². The zero-order chi connectivity index (χ0) is 21.8. The van der Waals surface area contributed by atoms with Crippen molar-refractivity contribution in [3.63, 3.8) is 0 Å². The van der Waals surface area contributed by atoms with Crippen molar-refractivity contribution in [3.05, 3.63) is 53.8 Å². The second-order valence-corrected chi connectivity index (χ2v) is 10.1. The summed E-state index contributed by atoms with van der Waals surface area (Å²) in [6.07, 6.45) is 5.92. The van der Waals surface area contributed by atoms with Crippen LogP contribution in [0.15, 0.2) is 47.4 Å². The lowest BCUT2D eigenvalue weighted by molar-refractivity contribution is 0.102. The van der Waals surface area contributed by atoms with Crippen LogP contribution in [0.1, 0.15) is 48.9 Å². The van der Waals surface area contributed by atoms with Crippen LogP contribution in [0.2, 0.25) is 0 Å². The van der Waals surface area contributed by atoms with Gasteiger partial charge in [0.2, 0.25) is 10.0 Å². The van der Waals surface area contributed by atoms with E-state index >= 15 is 0 Å². The maximum absolute atomic E-state index is 13.5. The third-order valence-electron chi connectivity index (χ3n) is 5.95. The molecule has 1 amide bonds. The molecule has 0 spiro atoms. The van der Waals surface area contributed by atoms with Gasteiger partial charge in [0.1, 0.15) is 10.7 Å². The predicted octanol–water partition coefficient (Wildman–Crippen LogP) is 4.24. The van der Waals surface area contributed by atoms with Gasteiger partial charge in [-0.1, -0.05) is 6.42 Å². The lowest BCUT2D eigenvalue weighted by Crippen LogP contribution is -2.37. The molecule has 2 aromatic carbocycles. The number of amides is 1. The number of anilines is 2. The maximum atomic E-state index is 13.5. The number of nitrogens with zero attached hydrogens (tertiary/aromatic N) is 2. The zero-order valence-electron chi connectivity index (χ0n) is 17.5. The zero-order valence-corrected chi connectivity index (χ0v) is 18.3. The Morgan fingerprint density at radius 3 is 2.10 bits per heavy atom. The number of nitrogens with one attached hydrogen (secondary N) is 1. The molecule has 0 aromatic heterocycles. The third kappa shape index (κ3) is 4.91. The molecular formula is C23H28FN3O3S. The fourth-order valence-corrected chi connectivity index (χ4v) is 5.99. The Kier molecular flexibility index (Phi) is 6.57. The second-order valence-electron chi connectivity index (χ2n) is 8.16. The number of piperidine rings is 2. The number of hydrogen-bond acceptors (Lipinski definition) is 4. The summed E-state index contributed by atoms with van der Waals surface area (Å²) in [5, 5.41) is 2.72. The molecule has 0 unspecified atom stereocenters. The number of carbonyl (C=O) groups excluding carboxylic acids is 1. The van der Waals surface area contributed by atoms with Crippen LogP contribution in [0.4, 0.5) is 15.8 Å². The van der Waals surface area contributed by atoms with Crippen LogP contribution < -0.4 is 10.2 Å². The van der Waals surface area contributed by atoms with Gasteiger partial charge in [-0.05, 0) is 74.6 Å². The van der Waals surface area contributed by atoms with Gasteiger partial charge in [-0.2, -0.15) is 4.31 Å². The molecule has 2 aliphatic heterocycles. The van der Waals surface area contributed by atoms with Crippen LogP contribution in [0.3, 0.4) is 0 Å². The van der Waals surface area contributed by atoms with E-state index in [-0.39, 0.29) is 10.5 Å². The minimum Gasteiger partial charge on any atom is -0.370 e. The second kappa shape index (κ2) is 9.36. The topological polar surface area (TPSA) is 69.7 Å². The molecule has 2 heterocycles. The highest BCUT2D eigenvalue weighted by molar-refractivity contribution is 7.89. The fourth-order valence-electron chi connectivity index (χ4n) is 4.24. The number of benzene rings is 2. The summed E-state index contributed by atoms with van der Waals surface area (Å²) in [7, 11) is -3.71. The van der Waals surface area contributed by atoms with E-state index in [2.05, 4.69) is 10.2 Å². The first-order valence-corrected chi connectivity index (χ1v) is 12.4. The van der Waals surface area contributed by atoms with Crippen molar-refractivity contribution in [2.24, 2.45) is 0 Å². The molecule has 2 aliphatic rings. The number of halogens is 1. The number of hydrogen-bond donors (Lipinski definition) is 1. The van der Waals surface area contributed by atoms with Crippen molar-refractivity contribution in [1.82, 2.24) is 4.31 Å². The van der Waals surface area contributed by atoms with Gasteiger partial charge in [0, 0.05) is 37.4 Å². The van der Waals surface area contributed by atoms with Gasteiger partial charge < -0.3 is 10.2 Å². The molecule has 0 saturated carbocycles.